The zero-order valence-electron chi connectivity index (χ0n) is 14.5. The van der Waals surface area contributed by atoms with Crippen molar-refractivity contribution in [2.45, 2.75) is 47.0 Å². The third-order valence-electron chi connectivity index (χ3n) is 3.51. The molecule has 0 saturated carbocycles. The fourth-order valence-corrected chi connectivity index (χ4v) is 2.48. The minimum atomic E-state index is -0.439. The maximum atomic E-state index is 11.1. The third-order valence-corrected chi connectivity index (χ3v) is 3.51. The van der Waals surface area contributed by atoms with Crippen molar-refractivity contribution in [2.75, 3.05) is 7.11 Å². The Balaban J connectivity index is 0.00000127. The molecule has 1 aromatic carbocycles. The van der Waals surface area contributed by atoms with E-state index in [2.05, 4.69) is 24.0 Å². The molecule has 0 aliphatic rings. The number of nitro groups is 1. The predicted molar refractivity (Wildman–Crippen MR) is 92.0 cm³/mol. The Bertz CT molecular complexity index is 651. The first kappa shape index (κ1) is 18.7. The molecule has 0 radical (unpaired) electrons. The van der Waals surface area contributed by atoms with Crippen LogP contribution in [0, 0.1) is 10.1 Å². The lowest BCUT2D eigenvalue weighted by atomic mass is 9.96. The summed E-state index contributed by atoms with van der Waals surface area (Å²) in [6, 6.07) is 3.94. The van der Waals surface area contributed by atoms with Gasteiger partial charge in [0, 0.05) is 5.56 Å². The Hall–Kier alpha value is -2.37. The largest absolute Gasteiger partial charge is 0.496 e. The van der Waals surface area contributed by atoms with Crippen molar-refractivity contribution in [3.63, 3.8) is 0 Å². The number of methoxy groups -OCH3 is 1. The van der Waals surface area contributed by atoms with Crippen molar-refractivity contribution in [2.24, 2.45) is 0 Å². The van der Waals surface area contributed by atoms with Gasteiger partial charge in [-0.2, -0.15) is 5.10 Å². The van der Waals surface area contributed by atoms with Crippen LogP contribution in [0.4, 0.5) is 5.69 Å². The zero-order chi connectivity index (χ0) is 17.4. The standard InChI is InChI=1S/C15H19N3O3.C2H6/c1-4-6-11-7-12(14(21-3)8-10(11)5-2)15-13(18(19)20)9-16-17-15;1-2/h7-9H,4-6H2,1-3H3,(H,16,17);1-2H3. The maximum absolute atomic E-state index is 11.1. The Morgan fingerprint density at radius 2 is 1.96 bits per heavy atom. The molecule has 0 aliphatic carbocycles. The molecule has 0 amide bonds. The molecule has 0 bridgehead atoms. The lowest BCUT2D eigenvalue weighted by molar-refractivity contribution is -0.384. The van der Waals surface area contributed by atoms with Crippen LogP contribution in [0.25, 0.3) is 11.3 Å². The van der Waals surface area contributed by atoms with Crippen molar-refractivity contribution in [3.8, 4) is 17.0 Å². The van der Waals surface area contributed by atoms with E-state index in [1.54, 1.807) is 7.11 Å². The summed E-state index contributed by atoms with van der Waals surface area (Å²) in [6.45, 7) is 8.20. The number of H-pyrrole nitrogens is 1. The summed E-state index contributed by atoms with van der Waals surface area (Å²) >= 11 is 0. The second-order valence-corrected chi connectivity index (χ2v) is 4.81. The van der Waals surface area contributed by atoms with E-state index in [1.165, 1.54) is 17.3 Å². The molecule has 0 saturated heterocycles. The maximum Gasteiger partial charge on any atom is 0.314 e. The first-order valence-electron chi connectivity index (χ1n) is 8.00. The summed E-state index contributed by atoms with van der Waals surface area (Å²) in [4.78, 5) is 10.7. The summed E-state index contributed by atoms with van der Waals surface area (Å²) in [5, 5.41) is 17.6. The van der Waals surface area contributed by atoms with Crippen LogP contribution in [0.15, 0.2) is 18.3 Å². The molecule has 0 unspecified atom stereocenters. The lowest BCUT2D eigenvalue weighted by Crippen LogP contribution is -1.99. The van der Waals surface area contributed by atoms with Crippen molar-refractivity contribution < 1.29 is 9.66 Å². The van der Waals surface area contributed by atoms with Crippen LogP contribution < -0.4 is 4.74 Å². The van der Waals surface area contributed by atoms with E-state index >= 15 is 0 Å². The Kier molecular flexibility index (Phi) is 7.25. The third kappa shape index (κ3) is 4.09. The number of rotatable bonds is 6. The number of ether oxygens (including phenoxy) is 1. The van der Waals surface area contributed by atoms with Gasteiger partial charge in [-0.15, -0.1) is 0 Å². The van der Waals surface area contributed by atoms with Crippen LogP contribution in [0.1, 0.15) is 45.2 Å². The number of hydrogen-bond acceptors (Lipinski definition) is 4. The highest BCUT2D eigenvalue weighted by molar-refractivity contribution is 5.75. The highest BCUT2D eigenvalue weighted by Gasteiger charge is 2.22. The van der Waals surface area contributed by atoms with Gasteiger partial charge in [-0.05, 0) is 36.1 Å². The molecule has 0 spiro atoms. The summed E-state index contributed by atoms with van der Waals surface area (Å²) in [5.74, 6) is 0.624. The van der Waals surface area contributed by atoms with Crippen molar-refractivity contribution in [3.05, 3.63) is 39.6 Å². The summed E-state index contributed by atoms with van der Waals surface area (Å²) in [7, 11) is 1.57. The van der Waals surface area contributed by atoms with Crippen molar-refractivity contribution >= 4 is 5.69 Å². The molecule has 126 valence electrons. The van der Waals surface area contributed by atoms with Gasteiger partial charge in [0.15, 0.2) is 0 Å². The molecule has 1 aromatic heterocycles. The fraction of sp³-hybridized carbons (Fsp3) is 0.471. The number of aryl methyl sites for hydroxylation is 2. The molecule has 0 fully saturated rings. The van der Waals surface area contributed by atoms with Crippen molar-refractivity contribution in [1.29, 1.82) is 0 Å². The van der Waals surface area contributed by atoms with E-state index in [4.69, 9.17) is 4.74 Å². The SMILES string of the molecule is CC.CCCc1cc(-c2[nH]ncc2[N+](=O)[O-])c(OC)cc1CC. The van der Waals surface area contributed by atoms with Gasteiger partial charge in [0.05, 0.1) is 12.0 Å². The minimum Gasteiger partial charge on any atom is -0.496 e. The summed E-state index contributed by atoms with van der Waals surface area (Å²) in [5.41, 5.74) is 3.43. The molecule has 0 atom stereocenters. The van der Waals surface area contributed by atoms with Crippen LogP contribution in [0.2, 0.25) is 0 Å². The van der Waals surface area contributed by atoms with E-state index in [1.807, 2.05) is 26.0 Å². The lowest BCUT2D eigenvalue weighted by Gasteiger charge is -2.13. The van der Waals surface area contributed by atoms with E-state index < -0.39 is 4.92 Å². The number of nitrogens with one attached hydrogen (secondary N) is 1. The molecule has 6 heteroatoms. The van der Waals surface area contributed by atoms with Gasteiger partial charge >= 0.3 is 5.69 Å². The summed E-state index contributed by atoms with van der Waals surface area (Å²) in [6.07, 6.45) is 4.07. The van der Waals surface area contributed by atoms with Gasteiger partial charge in [0.1, 0.15) is 17.6 Å². The Morgan fingerprint density at radius 1 is 1.26 bits per heavy atom. The molecule has 2 rings (SSSR count). The van der Waals surface area contributed by atoms with Gasteiger partial charge in [-0.3, -0.25) is 15.2 Å². The highest BCUT2D eigenvalue weighted by Crippen LogP contribution is 2.36. The molecule has 2 aromatic rings. The van der Waals surface area contributed by atoms with Gasteiger partial charge in [0.25, 0.3) is 0 Å². The highest BCUT2D eigenvalue weighted by atomic mass is 16.6. The zero-order valence-corrected chi connectivity index (χ0v) is 14.5. The normalized spacial score (nSPS) is 9.96. The van der Waals surface area contributed by atoms with Gasteiger partial charge < -0.3 is 4.74 Å². The molecule has 0 aliphatic heterocycles. The number of aromatic amines is 1. The van der Waals surface area contributed by atoms with Gasteiger partial charge in [-0.1, -0.05) is 34.1 Å². The smallest absolute Gasteiger partial charge is 0.314 e. The van der Waals surface area contributed by atoms with Crippen LogP contribution in [-0.2, 0) is 12.8 Å². The number of aromatic nitrogens is 2. The first-order chi connectivity index (χ1) is 11.1. The minimum absolute atomic E-state index is 0.0417. The van der Waals surface area contributed by atoms with Crippen LogP contribution >= 0.6 is 0 Å². The Labute approximate surface area is 137 Å². The van der Waals surface area contributed by atoms with Crippen LogP contribution in [0.5, 0.6) is 5.75 Å². The number of nitrogens with zero attached hydrogens (tertiary/aromatic N) is 2. The van der Waals surface area contributed by atoms with Crippen molar-refractivity contribution in [1.82, 2.24) is 10.2 Å². The molecular weight excluding hydrogens is 294 g/mol. The molecule has 6 nitrogen and oxygen atoms in total. The fourth-order valence-electron chi connectivity index (χ4n) is 2.48. The van der Waals surface area contributed by atoms with E-state index in [-0.39, 0.29) is 5.69 Å². The monoisotopic (exact) mass is 319 g/mol. The topological polar surface area (TPSA) is 81.0 Å². The van der Waals surface area contributed by atoms with Gasteiger partial charge in [-0.25, -0.2) is 0 Å². The number of hydrogen-bond donors (Lipinski definition) is 1. The van der Waals surface area contributed by atoms with Crippen LogP contribution in [-0.4, -0.2) is 22.2 Å². The second-order valence-electron chi connectivity index (χ2n) is 4.81. The molecule has 1 N–H and O–H groups in total. The number of benzene rings is 1. The van der Waals surface area contributed by atoms with E-state index in [0.29, 0.717) is 17.0 Å². The first-order valence-corrected chi connectivity index (χ1v) is 8.00. The van der Waals surface area contributed by atoms with E-state index in [0.717, 1.165) is 19.3 Å². The molecule has 23 heavy (non-hydrogen) atoms. The van der Waals surface area contributed by atoms with Gasteiger partial charge in [0.2, 0.25) is 0 Å². The van der Waals surface area contributed by atoms with E-state index in [9.17, 15) is 10.1 Å². The molecular formula is C17H25N3O3. The second kappa shape index (κ2) is 8.92. The van der Waals surface area contributed by atoms with Crippen LogP contribution in [0.3, 0.4) is 0 Å². The molecule has 1 heterocycles. The predicted octanol–water partition coefficient (Wildman–Crippen LogP) is 4.53. The quantitative estimate of drug-likeness (QED) is 0.626. The average molecular weight is 319 g/mol. The average Bonchev–Trinajstić information content (AvgIpc) is 3.06. The summed E-state index contributed by atoms with van der Waals surface area (Å²) < 4.78 is 5.41. The Morgan fingerprint density at radius 3 is 2.48 bits per heavy atom.